The summed E-state index contributed by atoms with van der Waals surface area (Å²) in [5.41, 5.74) is 2.96. The quantitative estimate of drug-likeness (QED) is 0.941. The molecular formula is C19H20N2O3. The summed E-state index contributed by atoms with van der Waals surface area (Å²) < 4.78 is 5.49. The zero-order valence-electron chi connectivity index (χ0n) is 14.0. The third kappa shape index (κ3) is 2.97. The van der Waals surface area contributed by atoms with Gasteiger partial charge in [0.05, 0.1) is 11.3 Å². The van der Waals surface area contributed by atoms with Crippen molar-refractivity contribution < 1.29 is 14.3 Å². The van der Waals surface area contributed by atoms with Gasteiger partial charge < -0.3 is 15.0 Å². The number of rotatable bonds is 3. The minimum absolute atomic E-state index is 0.0587. The first-order chi connectivity index (χ1) is 11.5. The van der Waals surface area contributed by atoms with Crippen LogP contribution in [-0.2, 0) is 4.79 Å². The number of ether oxygens (including phenoxy) is 1. The lowest BCUT2D eigenvalue weighted by atomic mass is 10.0. The van der Waals surface area contributed by atoms with Crippen molar-refractivity contribution in [2.24, 2.45) is 0 Å². The summed E-state index contributed by atoms with van der Waals surface area (Å²) in [5.74, 6) is 0.490. The Morgan fingerprint density at radius 1 is 1.17 bits per heavy atom. The lowest BCUT2D eigenvalue weighted by molar-refractivity contribution is -0.121. The number of anilines is 2. The number of amides is 2. The number of likely N-dealkylation sites (N-methyl/N-ethyl adjacent to an activating group) is 1. The van der Waals surface area contributed by atoms with E-state index in [2.05, 4.69) is 19.2 Å². The van der Waals surface area contributed by atoms with Crippen molar-refractivity contribution >= 4 is 23.2 Å². The van der Waals surface area contributed by atoms with E-state index in [1.807, 2.05) is 24.3 Å². The largest absolute Gasteiger partial charge is 0.481 e. The number of benzene rings is 2. The van der Waals surface area contributed by atoms with Gasteiger partial charge in [-0.1, -0.05) is 32.0 Å². The molecule has 24 heavy (non-hydrogen) atoms. The van der Waals surface area contributed by atoms with Crippen LogP contribution in [-0.4, -0.2) is 25.5 Å². The molecule has 2 aromatic carbocycles. The number of carbonyl (C=O) groups is 2. The van der Waals surface area contributed by atoms with Crippen molar-refractivity contribution in [3.05, 3.63) is 53.6 Å². The molecule has 0 saturated heterocycles. The van der Waals surface area contributed by atoms with Gasteiger partial charge >= 0.3 is 0 Å². The standard InChI is InChI=1S/C19H20N2O3/c1-12(2)13-7-9-14(10-8-13)20-19(23)15-5-4-6-16-18(15)24-11-17(22)21(16)3/h4-10,12H,11H2,1-3H3,(H,20,23). The predicted octanol–water partition coefficient (Wildman–Crippen LogP) is 3.42. The van der Waals surface area contributed by atoms with Crippen molar-refractivity contribution in [3.63, 3.8) is 0 Å². The van der Waals surface area contributed by atoms with Gasteiger partial charge in [0.25, 0.3) is 11.8 Å². The highest BCUT2D eigenvalue weighted by Crippen LogP contribution is 2.34. The van der Waals surface area contributed by atoms with E-state index in [1.165, 1.54) is 10.5 Å². The molecule has 0 radical (unpaired) electrons. The van der Waals surface area contributed by atoms with Crippen LogP contribution < -0.4 is 15.0 Å². The molecule has 0 spiro atoms. The average molecular weight is 324 g/mol. The highest BCUT2D eigenvalue weighted by molar-refractivity contribution is 6.09. The van der Waals surface area contributed by atoms with Gasteiger partial charge in [0.2, 0.25) is 0 Å². The average Bonchev–Trinajstić information content (AvgIpc) is 2.58. The van der Waals surface area contributed by atoms with Gasteiger partial charge in [-0.2, -0.15) is 0 Å². The lowest BCUT2D eigenvalue weighted by Crippen LogP contribution is -2.36. The zero-order chi connectivity index (χ0) is 17.3. The molecule has 0 bridgehead atoms. The minimum Gasteiger partial charge on any atom is -0.481 e. The maximum absolute atomic E-state index is 12.6. The van der Waals surface area contributed by atoms with Gasteiger partial charge in [0.1, 0.15) is 0 Å². The van der Waals surface area contributed by atoms with Crippen molar-refractivity contribution in [2.75, 3.05) is 23.9 Å². The number of carbonyl (C=O) groups excluding carboxylic acids is 2. The Labute approximate surface area is 141 Å². The monoisotopic (exact) mass is 324 g/mol. The number of fused-ring (bicyclic) bond motifs is 1. The summed E-state index contributed by atoms with van der Waals surface area (Å²) in [6.07, 6.45) is 0. The molecule has 1 N–H and O–H groups in total. The number of nitrogens with zero attached hydrogens (tertiary/aromatic N) is 1. The van der Waals surface area contributed by atoms with Crippen molar-refractivity contribution in [3.8, 4) is 5.75 Å². The second kappa shape index (κ2) is 6.35. The predicted molar refractivity (Wildman–Crippen MR) is 93.8 cm³/mol. The number of hydrogen-bond acceptors (Lipinski definition) is 3. The summed E-state index contributed by atoms with van der Waals surface area (Å²) in [4.78, 5) is 25.8. The molecule has 0 unspecified atom stereocenters. The first-order valence-corrected chi connectivity index (χ1v) is 7.91. The highest BCUT2D eigenvalue weighted by atomic mass is 16.5. The molecule has 5 heteroatoms. The van der Waals surface area contributed by atoms with Gasteiger partial charge in [-0.15, -0.1) is 0 Å². The molecule has 124 valence electrons. The molecule has 0 atom stereocenters. The van der Waals surface area contributed by atoms with E-state index >= 15 is 0 Å². The van der Waals surface area contributed by atoms with Gasteiger partial charge in [0.15, 0.2) is 12.4 Å². The van der Waals surface area contributed by atoms with Crippen molar-refractivity contribution in [2.45, 2.75) is 19.8 Å². The summed E-state index contributed by atoms with van der Waals surface area (Å²) in [7, 11) is 1.68. The summed E-state index contributed by atoms with van der Waals surface area (Å²) in [6, 6.07) is 13.0. The number of nitrogens with one attached hydrogen (secondary N) is 1. The molecule has 0 aliphatic carbocycles. The van der Waals surface area contributed by atoms with E-state index < -0.39 is 0 Å². The Balaban J connectivity index is 1.85. The smallest absolute Gasteiger partial charge is 0.264 e. The fourth-order valence-corrected chi connectivity index (χ4v) is 2.63. The van der Waals surface area contributed by atoms with Gasteiger partial charge in [-0.05, 0) is 35.7 Å². The van der Waals surface area contributed by atoms with Crippen molar-refractivity contribution in [1.82, 2.24) is 0 Å². The molecule has 5 nitrogen and oxygen atoms in total. The number of para-hydroxylation sites is 1. The number of hydrogen-bond donors (Lipinski definition) is 1. The van der Waals surface area contributed by atoms with Crippen LogP contribution in [0.3, 0.4) is 0 Å². The maximum Gasteiger partial charge on any atom is 0.264 e. The minimum atomic E-state index is -0.258. The SMILES string of the molecule is CC(C)c1ccc(NC(=O)c2cccc3c2OCC(=O)N3C)cc1. The van der Waals surface area contributed by atoms with Crippen LogP contribution in [0.2, 0.25) is 0 Å². The Kier molecular flexibility index (Phi) is 4.25. The van der Waals surface area contributed by atoms with Crippen LogP contribution in [0.4, 0.5) is 11.4 Å². The Morgan fingerprint density at radius 2 is 1.88 bits per heavy atom. The fraction of sp³-hybridized carbons (Fsp3) is 0.263. The highest BCUT2D eigenvalue weighted by Gasteiger charge is 2.26. The van der Waals surface area contributed by atoms with Crippen LogP contribution in [0.1, 0.15) is 35.7 Å². The first kappa shape index (κ1) is 16.1. The van der Waals surface area contributed by atoms with Gasteiger partial charge in [-0.3, -0.25) is 9.59 Å². The lowest BCUT2D eigenvalue weighted by Gasteiger charge is -2.27. The molecule has 0 fully saturated rings. The zero-order valence-corrected chi connectivity index (χ0v) is 14.0. The van der Waals surface area contributed by atoms with E-state index in [4.69, 9.17) is 4.74 Å². The van der Waals surface area contributed by atoms with Crippen LogP contribution in [0, 0.1) is 0 Å². The molecular weight excluding hydrogens is 304 g/mol. The molecule has 3 rings (SSSR count). The van der Waals surface area contributed by atoms with Crippen molar-refractivity contribution in [1.29, 1.82) is 0 Å². The topological polar surface area (TPSA) is 58.6 Å². The Hall–Kier alpha value is -2.82. The van der Waals surface area contributed by atoms with Crippen LogP contribution >= 0.6 is 0 Å². The molecule has 2 aromatic rings. The van der Waals surface area contributed by atoms with Gasteiger partial charge in [0, 0.05) is 12.7 Å². The summed E-state index contributed by atoms with van der Waals surface area (Å²) in [6.45, 7) is 4.19. The van der Waals surface area contributed by atoms with Crippen LogP contribution in [0.25, 0.3) is 0 Å². The van der Waals surface area contributed by atoms with E-state index in [1.54, 1.807) is 25.2 Å². The second-order valence-electron chi connectivity index (χ2n) is 6.13. The third-order valence-electron chi connectivity index (χ3n) is 4.15. The van der Waals surface area contributed by atoms with E-state index in [-0.39, 0.29) is 18.4 Å². The third-order valence-corrected chi connectivity index (χ3v) is 4.15. The fourth-order valence-electron chi connectivity index (χ4n) is 2.63. The molecule has 1 aliphatic heterocycles. The van der Waals surface area contributed by atoms with E-state index in [0.717, 1.165) is 5.69 Å². The summed E-state index contributed by atoms with van der Waals surface area (Å²) >= 11 is 0. The molecule has 0 saturated carbocycles. The van der Waals surface area contributed by atoms with Gasteiger partial charge in [-0.25, -0.2) is 0 Å². The molecule has 1 heterocycles. The maximum atomic E-state index is 12.6. The molecule has 2 amide bonds. The Bertz CT molecular complexity index is 782. The van der Waals surface area contributed by atoms with E-state index in [0.29, 0.717) is 22.9 Å². The molecule has 1 aliphatic rings. The van der Waals surface area contributed by atoms with Crippen LogP contribution in [0.5, 0.6) is 5.75 Å². The summed E-state index contributed by atoms with van der Waals surface area (Å²) in [5, 5.41) is 2.88. The van der Waals surface area contributed by atoms with E-state index in [9.17, 15) is 9.59 Å². The molecule has 0 aromatic heterocycles. The first-order valence-electron chi connectivity index (χ1n) is 7.91. The second-order valence-corrected chi connectivity index (χ2v) is 6.13. The van der Waals surface area contributed by atoms with Crippen LogP contribution in [0.15, 0.2) is 42.5 Å². The Morgan fingerprint density at radius 3 is 2.54 bits per heavy atom. The normalized spacial score (nSPS) is 13.5.